The highest BCUT2D eigenvalue weighted by molar-refractivity contribution is 8.26. The SMILES string of the molecule is O=C1NC(=S)S/C1=C\c1cc(N[O-])ccc1Sc1ccccc1. The van der Waals surface area contributed by atoms with Crippen molar-refractivity contribution in [1.82, 2.24) is 5.32 Å². The van der Waals surface area contributed by atoms with E-state index in [1.165, 1.54) is 11.8 Å². The van der Waals surface area contributed by atoms with Gasteiger partial charge in [0.1, 0.15) is 4.32 Å². The normalized spacial score (nSPS) is 15.8. The predicted octanol–water partition coefficient (Wildman–Crippen LogP) is 4.24. The van der Waals surface area contributed by atoms with Crippen molar-refractivity contribution in [3.05, 3.63) is 64.2 Å². The summed E-state index contributed by atoms with van der Waals surface area (Å²) in [7, 11) is 0. The molecule has 1 saturated heterocycles. The first-order valence-electron chi connectivity index (χ1n) is 6.65. The van der Waals surface area contributed by atoms with E-state index < -0.39 is 0 Å². The molecule has 0 bridgehead atoms. The van der Waals surface area contributed by atoms with Crippen LogP contribution in [-0.4, -0.2) is 10.2 Å². The molecule has 0 aliphatic carbocycles. The largest absolute Gasteiger partial charge is 0.761 e. The minimum Gasteiger partial charge on any atom is -0.761 e. The van der Waals surface area contributed by atoms with E-state index in [0.29, 0.717) is 14.9 Å². The summed E-state index contributed by atoms with van der Waals surface area (Å²) in [4.78, 5) is 14.4. The summed E-state index contributed by atoms with van der Waals surface area (Å²) < 4.78 is 0.441. The van der Waals surface area contributed by atoms with E-state index >= 15 is 0 Å². The second-order valence-corrected chi connectivity index (χ2v) is 7.46. The van der Waals surface area contributed by atoms with Crippen LogP contribution in [0.25, 0.3) is 6.08 Å². The molecule has 2 N–H and O–H groups in total. The molecular weight excluding hydrogens is 348 g/mol. The number of carbonyl (C=O) groups excluding carboxylic acids is 1. The van der Waals surface area contributed by atoms with Gasteiger partial charge in [0.25, 0.3) is 5.91 Å². The summed E-state index contributed by atoms with van der Waals surface area (Å²) >= 11 is 7.79. The van der Waals surface area contributed by atoms with Gasteiger partial charge in [0.2, 0.25) is 0 Å². The van der Waals surface area contributed by atoms with E-state index in [0.717, 1.165) is 15.4 Å². The van der Waals surface area contributed by atoms with Crippen molar-refractivity contribution in [3.8, 4) is 0 Å². The molecule has 116 valence electrons. The maximum atomic E-state index is 11.8. The van der Waals surface area contributed by atoms with Crippen molar-refractivity contribution >= 4 is 57.7 Å². The first-order chi connectivity index (χ1) is 11.2. The Bertz CT molecular complexity index is 791. The van der Waals surface area contributed by atoms with E-state index in [2.05, 4.69) is 5.32 Å². The molecular formula is C16H11N2O2S3-. The molecule has 0 atom stereocenters. The molecule has 23 heavy (non-hydrogen) atoms. The van der Waals surface area contributed by atoms with Crippen molar-refractivity contribution in [1.29, 1.82) is 0 Å². The van der Waals surface area contributed by atoms with Crippen LogP contribution in [0.4, 0.5) is 5.69 Å². The summed E-state index contributed by atoms with van der Waals surface area (Å²) in [5.41, 5.74) is 3.12. The number of hydrogen-bond acceptors (Lipinski definition) is 6. The van der Waals surface area contributed by atoms with Crippen molar-refractivity contribution in [2.24, 2.45) is 0 Å². The Balaban J connectivity index is 1.98. The summed E-state index contributed by atoms with van der Waals surface area (Å²) in [5, 5.41) is 13.5. The average molecular weight is 359 g/mol. The Kier molecular flexibility index (Phi) is 5.02. The van der Waals surface area contributed by atoms with Crippen LogP contribution in [0, 0.1) is 5.21 Å². The third-order valence-corrected chi connectivity index (χ3v) is 5.29. The summed E-state index contributed by atoms with van der Waals surface area (Å²) in [6.45, 7) is 0. The zero-order valence-electron chi connectivity index (χ0n) is 11.7. The number of thioether (sulfide) groups is 1. The highest BCUT2D eigenvalue weighted by Crippen LogP contribution is 2.35. The maximum absolute atomic E-state index is 11.8. The van der Waals surface area contributed by atoms with Gasteiger partial charge in [0.15, 0.2) is 0 Å². The molecule has 1 aliphatic heterocycles. The number of anilines is 1. The molecule has 0 aromatic heterocycles. The topological polar surface area (TPSA) is 64.2 Å². The standard InChI is InChI=1S/C16H11N2O2S3/c19-15-14(23-16(21)17-15)9-10-8-11(18-20)6-7-13(10)22-12-4-2-1-3-5-12/h1-9,18H,(H,17,19,21)/q-1/b14-9-. The number of nitrogens with one attached hydrogen (secondary N) is 2. The van der Waals surface area contributed by atoms with Gasteiger partial charge in [-0.05, 0) is 42.0 Å². The highest BCUT2D eigenvalue weighted by atomic mass is 32.2. The fraction of sp³-hybridized carbons (Fsp3) is 0. The quantitative estimate of drug-likeness (QED) is 0.484. The minimum absolute atomic E-state index is 0.212. The lowest BCUT2D eigenvalue weighted by molar-refractivity contribution is -0.115. The molecule has 0 unspecified atom stereocenters. The molecule has 0 radical (unpaired) electrons. The first kappa shape index (κ1) is 16.1. The van der Waals surface area contributed by atoms with Crippen LogP contribution in [0.1, 0.15) is 5.56 Å². The van der Waals surface area contributed by atoms with Crippen molar-refractivity contribution in [2.75, 3.05) is 5.48 Å². The zero-order valence-corrected chi connectivity index (χ0v) is 14.2. The van der Waals surface area contributed by atoms with Crippen molar-refractivity contribution in [2.45, 2.75) is 9.79 Å². The lowest BCUT2D eigenvalue weighted by atomic mass is 10.2. The number of hydrogen-bond donors (Lipinski definition) is 2. The number of thiocarbonyl (C=S) groups is 1. The molecule has 1 fully saturated rings. The van der Waals surface area contributed by atoms with Crippen LogP contribution >= 0.6 is 35.7 Å². The summed E-state index contributed by atoms with van der Waals surface area (Å²) in [5.74, 6) is -0.212. The number of benzene rings is 2. The second kappa shape index (κ2) is 7.18. The van der Waals surface area contributed by atoms with Gasteiger partial charge in [-0.2, -0.15) is 0 Å². The van der Waals surface area contributed by atoms with E-state index in [1.807, 2.05) is 41.9 Å². The van der Waals surface area contributed by atoms with E-state index in [9.17, 15) is 10.0 Å². The van der Waals surface area contributed by atoms with Gasteiger partial charge in [-0.25, -0.2) is 0 Å². The van der Waals surface area contributed by atoms with E-state index in [1.54, 1.807) is 30.0 Å². The van der Waals surface area contributed by atoms with E-state index in [-0.39, 0.29) is 5.91 Å². The fourth-order valence-corrected chi connectivity index (χ4v) is 3.95. The Morgan fingerprint density at radius 1 is 1.22 bits per heavy atom. The van der Waals surface area contributed by atoms with Crippen LogP contribution in [0.15, 0.2) is 63.2 Å². The average Bonchev–Trinajstić information content (AvgIpc) is 2.87. The molecule has 2 aromatic rings. The fourth-order valence-electron chi connectivity index (χ4n) is 2.00. The summed E-state index contributed by atoms with van der Waals surface area (Å²) in [6, 6.07) is 15.2. The molecule has 3 rings (SSSR count). The van der Waals surface area contributed by atoms with Gasteiger partial charge in [0, 0.05) is 15.5 Å². The number of carbonyl (C=O) groups is 1. The molecule has 1 heterocycles. The van der Waals surface area contributed by atoms with Gasteiger partial charge >= 0.3 is 0 Å². The molecule has 0 saturated carbocycles. The van der Waals surface area contributed by atoms with Gasteiger partial charge < -0.3 is 16.0 Å². The third kappa shape index (κ3) is 3.94. The Hall–Kier alpha value is -1.80. The lowest BCUT2D eigenvalue weighted by Gasteiger charge is -2.13. The molecule has 0 spiro atoms. The minimum atomic E-state index is -0.212. The zero-order chi connectivity index (χ0) is 16.2. The van der Waals surface area contributed by atoms with Crippen LogP contribution in [-0.2, 0) is 4.79 Å². The maximum Gasteiger partial charge on any atom is 0.263 e. The molecule has 1 amide bonds. The van der Waals surface area contributed by atoms with E-state index in [4.69, 9.17) is 12.2 Å². The summed E-state index contributed by atoms with van der Waals surface area (Å²) in [6.07, 6.45) is 1.76. The van der Waals surface area contributed by atoms with Crippen molar-refractivity contribution < 1.29 is 4.79 Å². The molecule has 7 heteroatoms. The number of amides is 1. The van der Waals surface area contributed by atoms with Crippen LogP contribution < -0.4 is 10.8 Å². The smallest absolute Gasteiger partial charge is 0.263 e. The molecule has 1 aliphatic rings. The monoisotopic (exact) mass is 359 g/mol. The third-order valence-electron chi connectivity index (χ3n) is 3.03. The number of rotatable bonds is 4. The Labute approximate surface area is 147 Å². The lowest BCUT2D eigenvalue weighted by Crippen LogP contribution is -2.17. The van der Waals surface area contributed by atoms with Crippen molar-refractivity contribution in [3.63, 3.8) is 0 Å². The van der Waals surface area contributed by atoms with Crippen LogP contribution in [0.2, 0.25) is 0 Å². The predicted molar refractivity (Wildman–Crippen MR) is 100 cm³/mol. The van der Waals surface area contributed by atoms with Crippen LogP contribution in [0.3, 0.4) is 0 Å². The van der Waals surface area contributed by atoms with Gasteiger partial charge in [-0.15, -0.1) is 0 Å². The second-order valence-electron chi connectivity index (χ2n) is 4.62. The highest BCUT2D eigenvalue weighted by Gasteiger charge is 2.22. The molecule has 4 nitrogen and oxygen atoms in total. The van der Waals surface area contributed by atoms with Gasteiger partial charge in [-0.1, -0.05) is 53.9 Å². The van der Waals surface area contributed by atoms with Crippen LogP contribution in [0.5, 0.6) is 0 Å². The Morgan fingerprint density at radius 2 is 2.00 bits per heavy atom. The van der Waals surface area contributed by atoms with Gasteiger partial charge in [0.05, 0.1) is 4.91 Å². The van der Waals surface area contributed by atoms with Gasteiger partial charge in [-0.3, -0.25) is 4.79 Å². The molecule has 2 aromatic carbocycles. The first-order valence-corrected chi connectivity index (χ1v) is 8.70. The Morgan fingerprint density at radius 3 is 2.65 bits per heavy atom.